The Kier molecular flexibility index (Phi) is 5.29. The first-order chi connectivity index (χ1) is 9.77. The van der Waals surface area contributed by atoms with Crippen molar-refractivity contribution in [3.05, 3.63) is 21.1 Å². The Morgan fingerprint density at radius 1 is 1.33 bits per heavy atom. The van der Waals surface area contributed by atoms with E-state index in [-0.39, 0.29) is 17.4 Å². The quantitative estimate of drug-likeness (QED) is 0.702. The van der Waals surface area contributed by atoms with Crippen LogP contribution in [-0.4, -0.2) is 27.5 Å². The summed E-state index contributed by atoms with van der Waals surface area (Å²) >= 11 is 6.41. The SMILES string of the molecule is NS(=O)(=O)c1cc(Br)c(OCC(=O)NCC2CC2)c(Br)c1. The van der Waals surface area contributed by atoms with E-state index in [0.29, 0.717) is 27.2 Å². The van der Waals surface area contributed by atoms with Crippen LogP contribution >= 0.6 is 31.9 Å². The highest BCUT2D eigenvalue weighted by Crippen LogP contribution is 2.35. The van der Waals surface area contributed by atoms with E-state index in [2.05, 4.69) is 37.2 Å². The molecule has 1 aliphatic carbocycles. The third-order valence-corrected chi connectivity index (χ3v) is 5.00. The van der Waals surface area contributed by atoms with Gasteiger partial charge in [-0.2, -0.15) is 0 Å². The smallest absolute Gasteiger partial charge is 0.257 e. The normalized spacial score (nSPS) is 14.8. The van der Waals surface area contributed by atoms with Crippen LogP contribution in [0.4, 0.5) is 0 Å². The fraction of sp³-hybridized carbons (Fsp3) is 0.417. The Morgan fingerprint density at radius 3 is 2.38 bits per heavy atom. The standard InChI is InChI=1S/C12H14Br2N2O4S/c13-9-3-8(21(15,18)19)4-10(14)12(9)20-6-11(17)16-5-7-1-2-7/h3-4,7H,1-2,5-6H2,(H,16,17)(H2,15,18,19). The molecule has 0 radical (unpaired) electrons. The lowest BCUT2D eigenvalue weighted by atomic mass is 10.3. The van der Waals surface area contributed by atoms with Crippen molar-refractivity contribution in [1.82, 2.24) is 5.32 Å². The average Bonchev–Trinajstić information content (AvgIpc) is 3.18. The van der Waals surface area contributed by atoms with Crippen molar-refractivity contribution in [1.29, 1.82) is 0 Å². The number of carbonyl (C=O) groups is 1. The fourth-order valence-electron chi connectivity index (χ4n) is 1.61. The lowest BCUT2D eigenvalue weighted by molar-refractivity contribution is -0.123. The van der Waals surface area contributed by atoms with Gasteiger partial charge >= 0.3 is 0 Å². The molecule has 6 nitrogen and oxygen atoms in total. The van der Waals surface area contributed by atoms with E-state index in [0.717, 1.165) is 12.8 Å². The minimum atomic E-state index is -3.80. The lowest BCUT2D eigenvalue weighted by Gasteiger charge is -2.11. The van der Waals surface area contributed by atoms with Gasteiger partial charge in [-0.05, 0) is 62.8 Å². The van der Waals surface area contributed by atoms with Gasteiger partial charge in [-0.1, -0.05) is 0 Å². The van der Waals surface area contributed by atoms with Crippen molar-refractivity contribution in [3.63, 3.8) is 0 Å². The second kappa shape index (κ2) is 6.64. The molecule has 3 N–H and O–H groups in total. The molecule has 1 amide bonds. The number of rotatable bonds is 6. The molecular weight excluding hydrogens is 428 g/mol. The van der Waals surface area contributed by atoms with Crippen LogP contribution in [0.2, 0.25) is 0 Å². The molecule has 1 aromatic rings. The first-order valence-electron chi connectivity index (χ1n) is 6.18. The van der Waals surface area contributed by atoms with E-state index in [1.807, 2.05) is 0 Å². The summed E-state index contributed by atoms with van der Waals surface area (Å²) in [4.78, 5) is 11.6. The topological polar surface area (TPSA) is 98.5 Å². The minimum Gasteiger partial charge on any atom is -0.481 e. The Labute approximate surface area is 139 Å². The molecule has 0 spiro atoms. The van der Waals surface area contributed by atoms with Crippen LogP contribution in [0.3, 0.4) is 0 Å². The maximum atomic E-state index is 11.6. The molecule has 1 fully saturated rings. The number of benzene rings is 1. The van der Waals surface area contributed by atoms with Crippen molar-refractivity contribution in [2.45, 2.75) is 17.7 Å². The summed E-state index contributed by atoms with van der Waals surface area (Å²) in [7, 11) is -3.80. The molecule has 0 bridgehead atoms. The second-order valence-electron chi connectivity index (χ2n) is 4.80. The van der Waals surface area contributed by atoms with Gasteiger partial charge in [0.1, 0.15) is 5.75 Å². The van der Waals surface area contributed by atoms with Crippen molar-refractivity contribution >= 4 is 47.8 Å². The molecule has 116 valence electrons. The number of carbonyl (C=O) groups excluding carboxylic acids is 1. The van der Waals surface area contributed by atoms with Gasteiger partial charge in [-0.15, -0.1) is 0 Å². The van der Waals surface area contributed by atoms with Crippen LogP contribution in [0.5, 0.6) is 5.75 Å². The maximum Gasteiger partial charge on any atom is 0.257 e. The van der Waals surface area contributed by atoms with Crippen molar-refractivity contribution < 1.29 is 17.9 Å². The zero-order chi connectivity index (χ0) is 15.6. The van der Waals surface area contributed by atoms with Crippen LogP contribution < -0.4 is 15.2 Å². The molecule has 0 aromatic heterocycles. The fourth-order valence-corrected chi connectivity index (χ4v) is 3.89. The third-order valence-electron chi connectivity index (χ3n) is 2.93. The Bertz CT molecular complexity index is 636. The van der Waals surface area contributed by atoms with E-state index in [4.69, 9.17) is 9.88 Å². The number of ether oxygens (including phenoxy) is 1. The number of amides is 1. The van der Waals surface area contributed by atoms with Gasteiger partial charge in [0.05, 0.1) is 13.8 Å². The largest absolute Gasteiger partial charge is 0.481 e. The molecule has 1 saturated carbocycles. The predicted molar refractivity (Wildman–Crippen MR) is 84.4 cm³/mol. The first-order valence-corrected chi connectivity index (χ1v) is 9.32. The van der Waals surface area contributed by atoms with E-state index >= 15 is 0 Å². The first kappa shape index (κ1) is 16.7. The van der Waals surface area contributed by atoms with Crippen molar-refractivity contribution in [3.8, 4) is 5.75 Å². The highest BCUT2D eigenvalue weighted by atomic mass is 79.9. The molecule has 1 aliphatic rings. The lowest BCUT2D eigenvalue weighted by Crippen LogP contribution is -2.30. The van der Waals surface area contributed by atoms with Gasteiger partial charge in [0.25, 0.3) is 5.91 Å². The summed E-state index contributed by atoms with van der Waals surface area (Å²) in [5, 5.41) is 7.85. The molecular formula is C12H14Br2N2O4S. The molecule has 0 saturated heterocycles. The number of primary sulfonamides is 1. The van der Waals surface area contributed by atoms with Crippen LogP contribution in [0.1, 0.15) is 12.8 Å². The average molecular weight is 442 g/mol. The maximum absolute atomic E-state index is 11.6. The number of hydrogen-bond donors (Lipinski definition) is 2. The molecule has 21 heavy (non-hydrogen) atoms. The van der Waals surface area contributed by atoms with E-state index in [1.54, 1.807) is 0 Å². The van der Waals surface area contributed by atoms with Gasteiger partial charge in [0.2, 0.25) is 10.0 Å². The Hall–Kier alpha value is -0.640. The predicted octanol–water partition coefficient (Wildman–Crippen LogP) is 1.76. The van der Waals surface area contributed by atoms with Crippen LogP contribution in [-0.2, 0) is 14.8 Å². The number of hydrogen-bond acceptors (Lipinski definition) is 4. The number of halogens is 2. The van der Waals surface area contributed by atoms with Gasteiger partial charge in [0, 0.05) is 6.54 Å². The van der Waals surface area contributed by atoms with E-state index < -0.39 is 10.0 Å². The zero-order valence-corrected chi connectivity index (χ0v) is 14.9. The second-order valence-corrected chi connectivity index (χ2v) is 8.07. The van der Waals surface area contributed by atoms with Gasteiger partial charge in [0.15, 0.2) is 6.61 Å². The van der Waals surface area contributed by atoms with Crippen molar-refractivity contribution in [2.24, 2.45) is 11.1 Å². The highest BCUT2D eigenvalue weighted by molar-refractivity contribution is 9.11. The number of sulfonamides is 1. The van der Waals surface area contributed by atoms with E-state index in [1.165, 1.54) is 12.1 Å². The molecule has 0 atom stereocenters. The van der Waals surface area contributed by atoms with Crippen molar-refractivity contribution in [2.75, 3.05) is 13.2 Å². The molecule has 2 rings (SSSR count). The molecule has 1 aromatic carbocycles. The highest BCUT2D eigenvalue weighted by Gasteiger charge is 2.22. The third kappa shape index (κ3) is 4.94. The summed E-state index contributed by atoms with van der Waals surface area (Å²) in [6, 6.07) is 2.66. The summed E-state index contributed by atoms with van der Waals surface area (Å²) in [6.07, 6.45) is 2.32. The monoisotopic (exact) mass is 440 g/mol. The zero-order valence-electron chi connectivity index (χ0n) is 10.9. The summed E-state index contributed by atoms with van der Waals surface area (Å²) in [6.45, 7) is 0.535. The molecule has 0 heterocycles. The van der Waals surface area contributed by atoms with Gasteiger partial charge in [-0.25, -0.2) is 13.6 Å². The van der Waals surface area contributed by atoms with Crippen LogP contribution in [0.15, 0.2) is 26.0 Å². The van der Waals surface area contributed by atoms with Gasteiger partial charge in [-0.3, -0.25) is 4.79 Å². The summed E-state index contributed by atoms with van der Waals surface area (Å²) in [5.74, 6) is 0.738. The van der Waals surface area contributed by atoms with Crippen LogP contribution in [0, 0.1) is 5.92 Å². The Balaban J connectivity index is 2.01. The number of nitrogens with one attached hydrogen (secondary N) is 1. The number of nitrogens with two attached hydrogens (primary N) is 1. The molecule has 9 heteroatoms. The van der Waals surface area contributed by atoms with E-state index in [9.17, 15) is 13.2 Å². The summed E-state index contributed by atoms with van der Waals surface area (Å²) in [5.41, 5.74) is 0. The molecule has 0 aliphatic heterocycles. The Morgan fingerprint density at radius 2 is 1.90 bits per heavy atom. The summed E-state index contributed by atoms with van der Waals surface area (Å²) < 4.78 is 28.8. The minimum absolute atomic E-state index is 0.0493. The molecule has 0 unspecified atom stereocenters. The van der Waals surface area contributed by atoms with Crippen LogP contribution in [0.25, 0.3) is 0 Å². The van der Waals surface area contributed by atoms with Gasteiger partial charge < -0.3 is 10.1 Å².